The predicted molar refractivity (Wildman–Crippen MR) is 66.8 cm³/mol. The molecular formula is C12H17N3O2. The van der Waals surface area contributed by atoms with E-state index in [1.807, 2.05) is 6.07 Å². The first-order valence-corrected chi connectivity index (χ1v) is 5.59. The highest BCUT2D eigenvalue weighted by molar-refractivity contribution is 5.98. The Morgan fingerprint density at radius 1 is 1.47 bits per heavy atom. The second-order valence-corrected chi connectivity index (χ2v) is 4.34. The number of hydrogen-bond acceptors (Lipinski definition) is 4. The summed E-state index contributed by atoms with van der Waals surface area (Å²) in [6, 6.07) is 5.62. The first-order chi connectivity index (χ1) is 8.10. The molecule has 0 spiro atoms. The Kier molecular flexibility index (Phi) is 3.19. The molecule has 17 heavy (non-hydrogen) atoms. The van der Waals surface area contributed by atoms with E-state index in [0.717, 1.165) is 18.5 Å². The van der Waals surface area contributed by atoms with Gasteiger partial charge in [0.05, 0.1) is 11.7 Å². The molecule has 2 rings (SSSR count). The van der Waals surface area contributed by atoms with E-state index in [2.05, 4.69) is 5.32 Å². The van der Waals surface area contributed by atoms with Crippen molar-refractivity contribution in [2.45, 2.75) is 25.0 Å². The third-order valence-electron chi connectivity index (χ3n) is 3.12. The number of carbonyl (C=O) groups excluding carboxylic acids is 1. The molecule has 0 saturated heterocycles. The van der Waals surface area contributed by atoms with Crippen molar-refractivity contribution in [1.29, 1.82) is 0 Å². The van der Waals surface area contributed by atoms with Crippen LogP contribution in [0.5, 0.6) is 0 Å². The zero-order chi connectivity index (χ0) is 12.4. The van der Waals surface area contributed by atoms with Crippen molar-refractivity contribution in [2.75, 3.05) is 18.2 Å². The van der Waals surface area contributed by atoms with Crippen molar-refractivity contribution in [3.8, 4) is 0 Å². The van der Waals surface area contributed by atoms with Gasteiger partial charge in [-0.25, -0.2) is 0 Å². The van der Waals surface area contributed by atoms with Gasteiger partial charge in [0.1, 0.15) is 0 Å². The number of nitrogen functional groups attached to an aromatic ring is 1. The molecule has 0 aromatic heterocycles. The van der Waals surface area contributed by atoms with Crippen LogP contribution >= 0.6 is 0 Å². The fourth-order valence-corrected chi connectivity index (χ4v) is 1.97. The largest absolute Gasteiger partial charge is 0.398 e. The Balaban J connectivity index is 2.02. The number of amides is 1. The predicted octanol–water partition coefficient (Wildman–Crippen LogP) is 0.957. The molecule has 92 valence electrons. The molecule has 1 amide bonds. The molecule has 0 bridgehead atoms. The summed E-state index contributed by atoms with van der Waals surface area (Å²) in [5.74, 6) is -0.505. The first kappa shape index (κ1) is 11.7. The van der Waals surface area contributed by atoms with Gasteiger partial charge in [-0.05, 0) is 31.0 Å². The molecule has 5 N–H and O–H groups in total. The van der Waals surface area contributed by atoms with Gasteiger partial charge in [0.15, 0.2) is 0 Å². The van der Waals surface area contributed by atoms with Gasteiger partial charge in [-0.3, -0.25) is 4.79 Å². The van der Waals surface area contributed by atoms with Gasteiger partial charge >= 0.3 is 0 Å². The summed E-state index contributed by atoms with van der Waals surface area (Å²) in [5, 5.41) is 3.32. The number of primary amides is 1. The summed E-state index contributed by atoms with van der Waals surface area (Å²) in [6.07, 6.45) is 2.30. The third-order valence-corrected chi connectivity index (χ3v) is 3.12. The van der Waals surface area contributed by atoms with E-state index in [9.17, 15) is 4.79 Å². The SMILES string of the molecule is COC1CC(Nc2ccc(N)c(C(N)=O)c2)C1. The molecule has 1 aromatic rings. The Hall–Kier alpha value is -1.75. The van der Waals surface area contributed by atoms with Crippen molar-refractivity contribution < 1.29 is 9.53 Å². The molecule has 1 fully saturated rings. The van der Waals surface area contributed by atoms with Crippen molar-refractivity contribution in [1.82, 2.24) is 0 Å². The summed E-state index contributed by atoms with van der Waals surface area (Å²) in [7, 11) is 1.72. The van der Waals surface area contributed by atoms with Gasteiger partial charge < -0.3 is 21.5 Å². The quantitative estimate of drug-likeness (QED) is 0.678. The van der Waals surface area contributed by atoms with Gasteiger partial charge in [0.25, 0.3) is 5.91 Å². The average Bonchev–Trinajstić information content (AvgIpc) is 2.24. The minimum atomic E-state index is -0.505. The van der Waals surface area contributed by atoms with Crippen LogP contribution in [0.25, 0.3) is 0 Å². The lowest BCUT2D eigenvalue weighted by atomic mass is 9.89. The zero-order valence-electron chi connectivity index (χ0n) is 9.77. The average molecular weight is 235 g/mol. The minimum Gasteiger partial charge on any atom is -0.398 e. The van der Waals surface area contributed by atoms with Crippen LogP contribution in [0.3, 0.4) is 0 Å². The number of benzene rings is 1. The Morgan fingerprint density at radius 2 is 2.18 bits per heavy atom. The van der Waals surface area contributed by atoms with E-state index < -0.39 is 5.91 Å². The maximum Gasteiger partial charge on any atom is 0.250 e. The van der Waals surface area contributed by atoms with E-state index in [4.69, 9.17) is 16.2 Å². The smallest absolute Gasteiger partial charge is 0.250 e. The number of anilines is 2. The molecule has 5 nitrogen and oxygen atoms in total. The van der Waals surface area contributed by atoms with Crippen molar-refractivity contribution in [2.24, 2.45) is 5.73 Å². The van der Waals surface area contributed by atoms with Crippen molar-refractivity contribution in [3.63, 3.8) is 0 Å². The fraction of sp³-hybridized carbons (Fsp3) is 0.417. The number of nitrogens with two attached hydrogens (primary N) is 2. The second-order valence-electron chi connectivity index (χ2n) is 4.34. The van der Waals surface area contributed by atoms with Crippen molar-refractivity contribution in [3.05, 3.63) is 23.8 Å². The van der Waals surface area contributed by atoms with E-state index in [1.54, 1.807) is 19.2 Å². The summed E-state index contributed by atoms with van der Waals surface area (Å²) in [6.45, 7) is 0. The van der Waals surface area contributed by atoms with Gasteiger partial charge in [-0.2, -0.15) is 0 Å². The Morgan fingerprint density at radius 3 is 2.76 bits per heavy atom. The number of carbonyl (C=O) groups is 1. The molecule has 1 saturated carbocycles. The minimum absolute atomic E-state index is 0.344. The summed E-state index contributed by atoms with van der Waals surface area (Å²) < 4.78 is 5.20. The lowest BCUT2D eigenvalue weighted by Gasteiger charge is -2.35. The molecule has 5 heteroatoms. The highest BCUT2D eigenvalue weighted by atomic mass is 16.5. The monoisotopic (exact) mass is 235 g/mol. The van der Waals surface area contributed by atoms with E-state index in [0.29, 0.717) is 23.4 Å². The topological polar surface area (TPSA) is 90.4 Å². The maximum atomic E-state index is 11.1. The summed E-state index contributed by atoms with van der Waals surface area (Å²) >= 11 is 0. The molecule has 0 unspecified atom stereocenters. The van der Waals surface area contributed by atoms with Crippen LogP contribution < -0.4 is 16.8 Å². The third kappa shape index (κ3) is 2.50. The summed E-state index contributed by atoms with van der Waals surface area (Å²) in [5.41, 5.74) is 12.5. The van der Waals surface area contributed by atoms with Gasteiger partial charge in [0.2, 0.25) is 0 Å². The van der Waals surface area contributed by atoms with Crippen LogP contribution in [0.4, 0.5) is 11.4 Å². The first-order valence-electron chi connectivity index (χ1n) is 5.59. The molecule has 0 radical (unpaired) electrons. The van der Waals surface area contributed by atoms with E-state index >= 15 is 0 Å². The van der Waals surface area contributed by atoms with Gasteiger partial charge in [0, 0.05) is 24.5 Å². The summed E-state index contributed by atoms with van der Waals surface area (Å²) in [4.78, 5) is 11.1. The molecular weight excluding hydrogens is 218 g/mol. The Labute approximate surface area is 100 Å². The number of methoxy groups -OCH3 is 1. The van der Waals surface area contributed by atoms with Crippen LogP contribution in [-0.4, -0.2) is 25.2 Å². The molecule has 1 aliphatic rings. The van der Waals surface area contributed by atoms with E-state index in [1.165, 1.54) is 0 Å². The molecule has 1 aromatic carbocycles. The molecule has 0 heterocycles. The standard InChI is InChI=1S/C12H17N3O2/c1-17-9-4-8(5-9)15-7-2-3-11(13)10(6-7)12(14)16/h2-3,6,8-9,15H,4-5,13H2,1H3,(H2,14,16). The second kappa shape index (κ2) is 4.63. The van der Waals surface area contributed by atoms with Crippen molar-refractivity contribution >= 4 is 17.3 Å². The Bertz CT molecular complexity index is 428. The van der Waals surface area contributed by atoms with Crippen LogP contribution in [-0.2, 0) is 4.74 Å². The van der Waals surface area contributed by atoms with Crippen LogP contribution in [0.1, 0.15) is 23.2 Å². The van der Waals surface area contributed by atoms with Gasteiger partial charge in [-0.15, -0.1) is 0 Å². The normalized spacial score (nSPS) is 22.9. The highest BCUT2D eigenvalue weighted by Gasteiger charge is 2.28. The number of rotatable bonds is 4. The highest BCUT2D eigenvalue weighted by Crippen LogP contribution is 2.27. The molecule has 0 aliphatic heterocycles. The fourth-order valence-electron chi connectivity index (χ4n) is 1.97. The van der Waals surface area contributed by atoms with E-state index in [-0.39, 0.29) is 0 Å². The number of ether oxygens (including phenoxy) is 1. The van der Waals surface area contributed by atoms with Crippen LogP contribution in [0, 0.1) is 0 Å². The zero-order valence-corrected chi connectivity index (χ0v) is 9.77. The lowest BCUT2D eigenvalue weighted by molar-refractivity contribution is 0.0328. The maximum absolute atomic E-state index is 11.1. The van der Waals surface area contributed by atoms with Crippen LogP contribution in [0.15, 0.2) is 18.2 Å². The molecule has 1 aliphatic carbocycles. The number of nitrogens with one attached hydrogen (secondary N) is 1. The lowest BCUT2D eigenvalue weighted by Crippen LogP contribution is -2.40. The number of hydrogen-bond donors (Lipinski definition) is 3. The van der Waals surface area contributed by atoms with Gasteiger partial charge in [-0.1, -0.05) is 0 Å². The van der Waals surface area contributed by atoms with Crippen LogP contribution in [0.2, 0.25) is 0 Å². The molecule has 0 atom stereocenters.